The van der Waals surface area contributed by atoms with Crippen molar-refractivity contribution in [3.8, 4) is 0 Å². The van der Waals surface area contributed by atoms with Crippen LogP contribution in [-0.2, 0) is 25.3 Å². The van der Waals surface area contributed by atoms with Crippen LogP contribution in [0.1, 0.15) is 41.6 Å². The number of halogens is 1. The van der Waals surface area contributed by atoms with Gasteiger partial charge >= 0.3 is 0 Å². The van der Waals surface area contributed by atoms with E-state index >= 15 is 0 Å². The number of ether oxygens (including phenoxy) is 1. The molecule has 35 heavy (non-hydrogen) atoms. The van der Waals surface area contributed by atoms with E-state index in [4.69, 9.17) is 16.3 Å². The second-order valence-corrected chi connectivity index (χ2v) is 11.3. The summed E-state index contributed by atoms with van der Waals surface area (Å²) < 4.78 is 32.7. The van der Waals surface area contributed by atoms with E-state index in [0.29, 0.717) is 47.8 Å². The van der Waals surface area contributed by atoms with Crippen molar-refractivity contribution in [3.63, 3.8) is 0 Å². The highest BCUT2D eigenvalue weighted by atomic mass is 35.5. The zero-order chi connectivity index (χ0) is 24.8. The quantitative estimate of drug-likeness (QED) is 0.556. The number of carbonyl (C=O) groups excluding carboxylic acids is 2. The number of amides is 2. The van der Waals surface area contributed by atoms with Crippen molar-refractivity contribution in [1.29, 1.82) is 0 Å². The minimum absolute atomic E-state index is 0.0287. The first-order chi connectivity index (χ1) is 16.8. The molecule has 0 aromatic heterocycles. The Kier molecular flexibility index (Phi) is 8.43. The van der Waals surface area contributed by atoms with Gasteiger partial charge in [0.25, 0.3) is 5.91 Å². The number of sulfonamides is 1. The lowest BCUT2D eigenvalue weighted by molar-refractivity contribution is -0.120. The summed E-state index contributed by atoms with van der Waals surface area (Å²) in [6.07, 6.45) is 2.77. The van der Waals surface area contributed by atoms with E-state index in [9.17, 15) is 18.0 Å². The van der Waals surface area contributed by atoms with Gasteiger partial charge in [0, 0.05) is 37.2 Å². The molecule has 0 unspecified atom stereocenters. The van der Waals surface area contributed by atoms with E-state index in [-0.39, 0.29) is 42.7 Å². The molecule has 0 radical (unpaired) electrons. The fourth-order valence-corrected chi connectivity index (χ4v) is 6.22. The van der Waals surface area contributed by atoms with Crippen molar-refractivity contribution in [2.45, 2.75) is 37.5 Å². The lowest BCUT2D eigenvalue weighted by Gasteiger charge is -2.30. The van der Waals surface area contributed by atoms with Gasteiger partial charge in [-0.25, -0.2) is 12.7 Å². The number of para-hydroxylation sites is 1. The number of carbonyl (C=O) groups is 2. The lowest BCUT2D eigenvalue weighted by atomic mass is 9.97. The molecule has 2 amide bonds. The first-order valence-corrected chi connectivity index (χ1v) is 13.8. The second-order valence-electron chi connectivity index (χ2n) is 8.94. The van der Waals surface area contributed by atoms with Gasteiger partial charge in [-0.15, -0.1) is 0 Å². The summed E-state index contributed by atoms with van der Waals surface area (Å²) in [4.78, 5) is 25.7. The van der Waals surface area contributed by atoms with Crippen LogP contribution in [0.2, 0.25) is 5.02 Å². The molecule has 188 valence electrons. The molecule has 0 bridgehead atoms. The van der Waals surface area contributed by atoms with Crippen molar-refractivity contribution in [3.05, 3.63) is 64.7 Å². The van der Waals surface area contributed by atoms with Gasteiger partial charge in [0.1, 0.15) is 0 Å². The average molecular weight is 520 g/mol. The van der Waals surface area contributed by atoms with Crippen molar-refractivity contribution in [1.82, 2.24) is 9.62 Å². The summed E-state index contributed by atoms with van der Waals surface area (Å²) >= 11 is 5.97. The number of hydrogen-bond acceptors (Lipinski definition) is 5. The summed E-state index contributed by atoms with van der Waals surface area (Å²) in [6.45, 7) is 1.69. The van der Waals surface area contributed by atoms with Crippen LogP contribution in [0.4, 0.5) is 5.69 Å². The van der Waals surface area contributed by atoms with E-state index in [1.165, 1.54) is 4.31 Å². The molecule has 8 nitrogen and oxygen atoms in total. The molecule has 2 aliphatic heterocycles. The third-order valence-corrected chi connectivity index (χ3v) is 8.49. The van der Waals surface area contributed by atoms with Crippen LogP contribution >= 0.6 is 11.6 Å². The smallest absolute Gasteiger partial charge is 0.253 e. The predicted molar refractivity (Wildman–Crippen MR) is 135 cm³/mol. The van der Waals surface area contributed by atoms with Gasteiger partial charge in [0.2, 0.25) is 15.9 Å². The molecule has 2 heterocycles. The number of hydrogen-bond donors (Lipinski definition) is 2. The monoisotopic (exact) mass is 519 g/mol. The molecule has 4 rings (SSSR count). The topological polar surface area (TPSA) is 105 Å². The highest BCUT2D eigenvalue weighted by Crippen LogP contribution is 2.25. The van der Waals surface area contributed by atoms with Crippen molar-refractivity contribution in [2.24, 2.45) is 5.92 Å². The number of anilines is 1. The Morgan fingerprint density at radius 3 is 2.54 bits per heavy atom. The maximum absolute atomic E-state index is 12.9. The van der Waals surface area contributed by atoms with Gasteiger partial charge < -0.3 is 15.4 Å². The fraction of sp³-hybridized carbons (Fsp3) is 0.440. The van der Waals surface area contributed by atoms with Gasteiger partial charge in [-0.3, -0.25) is 9.59 Å². The van der Waals surface area contributed by atoms with Crippen LogP contribution in [0.5, 0.6) is 0 Å². The molecule has 2 aliphatic rings. The average Bonchev–Trinajstić information content (AvgIpc) is 3.36. The van der Waals surface area contributed by atoms with Crippen molar-refractivity contribution < 1.29 is 22.7 Å². The summed E-state index contributed by atoms with van der Waals surface area (Å²) in [5.41, 5.74) is 1.46. The van der Waals surface area contributed by atoms with E-state index < -0.39 is 10.0 Å². The highest BCUT2D eigenvalue weighted by molar-refractivity contribution is 7.88. The molecule has 0 spiro atoms. The fourth-order valence-electron chi connectivity index (χ4n) is 4.46. The Hall–Kier alpha value is -2.46. The van der Waals surface area contributed by atoms with Gasteiger partial charge in [-0.05, 0) is 55.5 Å². The Morgan fingerprint density at radius 2 is 1.83 bits per heavy atom. The van der Waals surface area contributed by atoms with Crippen LogP contribution in [-0.4, -0.2) is 56.9 Å². The third kappa shape index (κ3) is 6.82. The minimum Gasteiger partial charge on any atom is -0.376 e. The summed E-state index contributed by atoms with van der Waals surface area (Å²) in [5.74, 6) is -0.941. The minimum atomic E-state index is -3.51. The SMILES string of the molecule is O=C(NC[C@H]1CCCO1)c1ccccc1NC(=O)C1CCN(S(=O)(=O)Cc2cccc(Cl)c2)CC1. The molecule has 0 aliphatic carbocycles. The summed E-state index contributed by atoms with van der Waals surface area (Å²) in [5, 5.41) is 6.25. The van der Waals surface area contributed by atoms with Crippen LogP contribution in [0.3, 0.4) is 0 Å². The molecular formula is C25H30ClN3O5S. The van der Waals surface area contributed by atoms with Gasteiger partial charge in [0.15, 0.2) is 0 Å². The van der Waals surface area contributed by atoms with E-state index in [0.717, 1.165) is 12.8 Å². The second kappa shape index (κ2) is 11.5. The number of nitrogens with one attached hydrogen (secondary N) is 2. The molecular weight excluding hydrogens is 490 g/mol. The first-order valence-electron chi connectivity index (χ1n) is 11.8. The molecule has 2 aromatic carbocycles. The zero-order valence-corrected chi connectivity index (χ0v) is 21.0. The van der Waals surface area contributed by atoms with Gasteiger partial charge in [-0.2, -0.15) is 0 Å². The molecule has 2 fully saturated rings. The van der Waals surface area contributed by atoms with Crippen LogP contribution in [0.25, 0.3) is 0 Å². The Bertz CT molecular complexity index is 1160. The molecule has 1 atom stereocenters. The number of nitrogens with zero attached hydrogens (tertiary/aromatic N) is 1. The van der Waals surface area contributed by atoms with E-state index in [1.807, 2.05) is 0 Å². The maximum atomic E-state index is 12.9. The third-order valence-electron chi connectivity index (χ3n) is 6.40. The van der Waals surface area contributed by atoms with Gasteiger partial charge in [-0.1, -0.05) is 35.9 Å². The number of piperidine rings is 1. The largest absolute Gasteiger partial charge is 0.376 e. The standard InChI is InChI=1S/C25H30ClN3O5S/c26-20-6-3-5-18(15-20)17-35(32,33)29-12-10-19(11-13-29)24(30)28-23-9-2-1-8-22(23)25(31)27-16-21-7-4-14-34-21/h1-3,5-6,8-9,15,19,21H,4,7,10-14,16-17H2,(H,27,31)(H,28,30)/t21-/m1/s1. The van der Waals surface area contributed by atoms with Crippen LogP contribution < -0.4 is 10.6 Å². The Morgan fingerprint density at radius 1 is 1.06 bits per heavy atom. The van der Waals surface area contributed by atoms with Crippen molar-refractivity contribution >= 4 is 39.1 Å². The highest BCUT2D eigenvalue weighted by Gasteiger charge is 2.31. The van der Waals surface area contributed by atoms with Gasteiger partial charge in [0.05, 0.1) is 23.1 Å². The Labute approximate surface area is 211 Å². The van der Waals surface area contributed by atoms with Crippen molar-refractivity contribution in [2.75, 3.05) is 31.6 Å². The predicted octanol–water partition coefficient (Wildman–Crippen LogP) is 3.43. The normalized spacial score (nSPS) is 19.4. The number of rotatable bonds is 8. The first kappa shape index (κ1) is 25.6. The van der Waals surface area contributed by atoms with Crippen LogP contribution in [0.15, 0.2) is 48.5 Å². The molecule has 0 saturated carbocycles. The van der Waals surface area contributed by atoms with E-state index in [1.54, 1.807) is 48.5 Å². The molecule has 2 aromatic rings. The molecule has 2 saturated heterocycles. The summed E-state index contributed by atoms with van der Waals surface area (Å²) in [6, 6.07) is 13.7. The zero-order valence-electron chi connectivity index (χ0n) is 19.4. The summed E-state index contributed by atoms with van der Waals surface area (Å²) in [7, 11) is -3.51. The lowest BCUT2D eigenvalue weighted by Crippen LogP contribution is -2.42. The maximum Gasteiger partial charge on any atom is 0.253 e. The number of benzene rings is 2. The molecule has 2 N–H and O–H groups in total. The van der Waals surface area contributed by atoms with E-state index in [2.05, 4.69) is 10.6 Å². The molecule has 10 heteroatoms. The van der Waals surface area contributed by atoms with Crippen LogP contribution in [0, 0.1) is 5.92 Å². The Balaban J connectivity index is 1.31.